The zero-order valence-electron chi connectivity index (χ0n) is 21.2. The number of aryl methyl sites for hydroxylation is 1. The largest absolute Gasteiger partial charge is 0.449 e. The van der Waals surface area contributed by atoms with E-state index in [1.54, 1.807) is 23.1 Å². The number of carbonyl (C=O) groups is 2. The minimum absolute atomic E-state index is 0.107. The lowest BCUT2D eigenvalue weighted by Crippen LogP contribution is -2.36. The molecule has 36 heavy (non-hydrogen) atoms. The van der Waals surface area contributed by atoms with E-state index in [1.165, 1.54) is 5.56 Å². The average molecular weight is 484 g/mol. The summed E-state index contributed by atoms with van der Waals surface area (Å²) in [5.74, 6) is 0.578. The molecule has 4 rings (SSSR count). The van der Waals surface area contributed by atoms with E-state index in [4.69, 9.17) is 4.74 Å². The molecular weight excluding hydrogens is 450 g/mol. The third kappa shape index (κ3) is 6.01. The Bertz CT molecular complexity index is 1230. The molecule has 0 fully saturated rings. The number of nitrogens with zero attached hydrogens (tertiary/aromatic N) is 2. The van der Waals surface area contributed by atoms with Gasteiger partial charge in [-0.25, -0.2) is 0 Å². The second-order valence-electron chi connectivity index (χ2n) is 8.86. The van der Waals surface area contributed by atoms with Gasteiger partial charge in [-0.3, -0.25) is 14.5 Å². The fourth-order valence-electron chi connectivity index (χ4n) is 4.15. The van der Waals surface area contributed by atoms with Crippen molar-refractivity contribution in [2.24, 2.45) is 0 Å². The summed E-state index contributed by atoms with van der Waals surface area (Å²) >= 11 is 0. The molecule has 0 saturated carbocycles. The van der Waals surface area contributed by atoms with Crippen molar-refractivity contribution in [3.63, 3.8) is 0 Å². The van der Waals surface area contributed by atoms with Gasteiger partial charge in [0.25, 0.3) is 11.8 Å². The fraction of sp³-hybridized carbons (Fsp3) is 0.267. The van der Waals surface area contributed by atoms with E-state index in [1.807, 2.05) is 67.6 Å². The summed E-state index contributed by atoms with van der Waals surface area (Å²) in [4.78, 5) is 29.9. The molecular formula is C30H33N3O3. The predicted molar refractivity (Wildman–Crippen MR) is 144 cm³/mol. The number of carbonyl (C=O) groups excluding carboxylic acids is 2. The van der Waals surface area contributed by atoms with E-state index in [-0.39, 0.29) is 17.6 Å². The molecule has 6 nitrogen and oxygen atoms in total. The molecule has 2 amide bonds. The molecule has 0 radical (unpaired) electrons. The van der Waals surface area contributed by atoms with E-state index in [2.05, 4.69) is 24.1 Å². The number of likely N-dealkylation sites (N-methyl/N-ethyl adjacent to an activating group) is 1. The first kappa shape index (κ1) is 25.2. The van der Waals surface area contributed by atoms with Crippen LogP contribution < -0.4 is 15.0 Å². The zero-order valence-corrected chi connectivity index (χ0v) is 21.2. The van der Waals surface area contributed by atoms with Crippen LogP contribution in [-0.2, 0) is 11.3 Å². The lowest BCUT2D eigenvalue weighted by Gasteiger charge is -2.30. The Kier molecular flexibility index (Phi) is 8.18. The number of hydrogen-bond donors (Lipinski definition) is 1. The Morgan fingerprint density at radius 2 is 1.67 bits per heavy atom. The quantitative estimate of drug-likeness (QED) is 0.434. The molecule has 1 aliphatic heterocycles. The molecule has 0 aromatic heterocycles. The Balaban J connectivity index is 1.49. The minimum atomic E-state index is -0.201. The van der Waals surface area contributed by atoms with E-state index in [0.29, 0.717) is 24.4 Å². The Morgan fingerprint density at radius 1 is 0.972 bits per heavy atom. The molecule has 3 aromatic carbocycles. The van der Waals surface area contributed by atoms with Gasteiger partial charge >= 0.3 is 0 Å². The summed E-state index contributed by atoms with van der Waals surface area (Å²) in [6, 6.07) is 22.9. The van der Waals surface area contributed by atoms with Crippen LogP contribution in [-0.4, -0.2) is 42.9 Å². The Hall–Kier alpha value is -3.90. The molecule has 186 valence electrons. The van der Waals surface area contributed by atoms with Crippen molar-refractivity contribution in [2.45, 2.75) is 27.3 Å². The number of amides is 2. The lowest BCUT2D eigenvalue weighted by atomic mass is 10.1. The van der Waals surface area contributed by atoms with Gasteiger partial charge in [-0.15, -0.1) is 0 Å². The molecule has 6 heteroatoms. The van der Waals surface area contributed by atoms with Crippen molar-refractivity contribution >= 4 is 23.6 Å². The smallest absolute Gasteiger partial charge is 0.294 e. The maximum Gasteiger partial charge on any atom is 0.294 e. The molecule has 3 aromatic rings. The van der Waals surface area contributed by atoms with Gasteiger partial charge in [-0.2, -0.15) is 0 Å². The van der Waals surface area contributed by atoms with Crippen LogP contribution in [0.3, 0.4) is 0 Å². The van der Waals surface area contributed by atoms with Gasteiger partial charge in [-0.05, 0) is 61.5 Å². The Labute approximate surface area is 213 Å². The summed E-state index contributed by atoms with van der Waals surface area (Å²) in [5, 5.41) is 2.97. The Morgan fingerprint density at radius 3 is 2.36 bits per heavy atom. The standard InChI is InChI=1S/C30H33N3O3/c1-4-32(5-2)19-18-31-29(34)25-16-14-23(15-17-25)20-28-30(35)33(21-24-12-10-22(3)11-13-24)26-8-6-7-9-27(26)36-28/h6-17,20H,4-5,18-19,21H2,1-3H3,(H,31,34)/b28-20+. The number of nitrogens with one attached hydrogen (secondary N) is 1. The number of para-hydroxylation sites is 2. The highest BCUT2D eigenvalue weighted by atomic mass is 16.5. The van der Waals surface area contributed by atoms with Gasteiger partial charge in [0.2, 0.25) is 0 Å². The molecule has 0 atom stereocenters. The second-order valence-corrected chi connectivity index (χ2v) is 8.86. The van der Waals surface area contributed by atoms with Crippen LogP contribution >= 0.6 is 0 Å². The van der Waals surface area contributed by atoms with Crippen molar-refractivity contribution in [1.82, 2.24) is 10.2 Å². The number of ether oxygens (including phenoxy) is 1. The number of fused-ring (bicyclic) bond motifs is 1. The molecule has 0 saturated heterocycles. The fourth-order valence-corrected chi connectivity index (χ4v) is 4.15. The summed E-state index contributed by atoms with van der Waals surface area (Å²) in [5.41, 5.74) is 4.33. The first-order valence-corrected chi connectivity index (χ1v) is 12.4. The molecule has 1 N–H and O–H groups in total. The van der Waals surface area contributed by atoms with E-state index in [9.17, 15) is 9.59 Å². The maximum absolute atomic E-state index is 13.4. The number of benzene rings is 3. The third-order valence-corrected chi connectivity index (χ3v) is 6.37. The highest BCUT2D eigenvalue weighted by Crippen LogP contribution is 2.36. The van der Waals surface area contributed by atoms with Gasteiger partial charge in [0, 0.05) is 18.7 Å². The third-order valence-electron chi connectivity index (χ3n) is 6.37. The average Bonchev–Trinajstić information content (AvgIpc) is 2.90. The monoisotopic (exact) mass is 483 g/mol. The van der Waals surface area contributed by atoms with Crippen LogP contribution in [0.5, 0.6) is 5.75 Å². The van der Waals surface area contributed by atoms with Crippen LogP contribution in [0.15, 0.2) is 78.6 Å². The summed E-state index contributed by atoms with van der Waals surface area (Å²) in [6.07, 6.45) is 1.72. The van der Waals surface area contributed by atoms with Crippen molar-refractivity contribution in [1.29, 1.82) is 0 Å². The van der Waals surface area contributed by atoms with E-state index in [0.717, 1.165) is 36.4 Å². The topological polar surface area (TPSA) is 61.9 Å². The van der Waals surface area contributed by atoms with Gasteiger partial charge in [0.05, 0.1) is 12.2 Å². The van der Waals surface area contributed by atoms with Crippen molar-refractivity contribution < 1.29 is 14.3 Å². The summed E-state index contributed by atoms with van der Waals surface area (Å²) < 4.78 is 6.00. The molecule has 0 aliphatic carbocycles. The molecule has 0 unspecified atom stereocenters. The maximum atomic E-state index is 13.4. The number of hydrogen-bond acceptors (Lipinski definition) is 4. The van der Waals surface area contributed by atoms with E-state index < -0.39 is 0 Å². The lowest BCUT2D eigenvalue weighted by molar-refractivity contribution is -0.117. The highest BCUT2D eigenvalue weighted by Gasteiger charge is 2.30. The first-order valence-electron chi connectivity index (χ1n) is 12.4. The zero-order chi connectivity index (χ0) is 25.5. The van der Waals surface area contributed by atoms with Crippen LogP contribution in [0, 0.1) is 6.92 Å². The van der Waals surface area contributed by atoms with Gasteiger partial charge < -0.3 is 15.0 Å². The van der Waals surface area contributed by atoms with Gasteiger partial charge in [0.15, 0.2) is 11.5 Å². The number of anilines is 1. The second kappa shape index (κ2) is 11.7. The van der Waals surface area contributed by atoms with Gasteiger partial charge in [0.1, 0.15) is 0 Å². The summed E-state index contributed by atoms with van der Waals surface area (Å²) in [6.45, 7) is 10.1. The normalized spacial score (nSPS) is 14.1. The van der Waals surface area contributed by atoms with Crippen LogP contribution in [0.4, 0.5) is 5.69 Å². The first-order chi connectivity index (χ1) is 17.5. The van der Waals surface area contributed by atoms with Crippen molar-refractivity contribution in [2.75, 3.05) is 31.1 Å². The SMILES string of the molecule is CCN(CC)CCNC(=O)c1ccc(/C=C2/Oc3ccccc3N(Cc3ccc(C)cc3)C2=O)cc1. The minimum Gasteiger partial charge on any atom is -0.449 e. The van der Waals surface area contributed by atoms with Crippen LogP contribution in [0.2, 0.25) is 0 Å². The highest BCUT2D eigenvalue weighted by molar-refractivity contribution is 6.09. The van der Waals surface area contributed by atoms with Crippen LogP contribution in [0.1, 0.15) is 40.9 Å². The van der Waals surface area contributed by atoms with Crippen LogP contribution in [0.25, 0.3) is 6.08 Å². The van der Waals surface area contributed by atoms with Crippen molar-refractivity contribution in [3.05, 3.63) is 101 Å². The summed E-state index contributed by atoms with van der Waals surface area (Å²) in [7, 11) is 0. The van der Waals surface area contributed by atoms with Crippen molar-refractivity contribution in [3.8, 4) is 5.75 Å². The molecule has 0 spiro atoms. The number of rotatable bonds is 9. The van der Waals surface area contributed by atoms with Gasteiger partial charge in [-0.1, -0.05) is 67.9 Å². The molecule has 1 heterocycles. The molecule has 0 bridgehead atoms. The predicted octanol–water partition coefficient (Wildman–Crippen LogP) is 5.03. The van der Waals surface area contributed by atoms with E-state index >= 15 is 0 Å². The molecule has 1 aliphatic rings.